The number of hydrogen-bond acceptors (Lipinski definition) is 5. The molecule has 0 radical (unpaired) electrons. The van der Waals surface area contributed by atoms with Crippen LogP contribution in [-0.2, 0) is 6.54 Å². The van der Waals surface area contributed by atoms with Crippen molar-refractivity contribution >= 4 is 27.5 Å². The van der Waals surface area contributed by atoms with Gasteiger partial charge in [-0.05, 0) is 24.6 Å². The highest BCUT2D eigenvalue weighted by atomic mass is 16.5. The monoisotopic (exact) mass is 362 g/mol. The second kappa shape index (κ2) is 7.53. The summed E-state index contributed by atoms with van der Waals surface area (Å²) in [6.07, 6.45) is 6.59. The number of pyridine rings is 1. The van der Waals surface area contributed by atoms with Gasteiger partial charge in [0.05, 0.1) is 37.1 Å². The van der Waals surface area contributed by atoms with Crippen LogP contribution in [0.4, 0.5) is 5.69 Å². The van der Waals surface area contributed by atoms with E-state index in [9.17, 15) is 0 Å². The third-order valence-electron chi connectivity index (χ3n) is 4.65. The fraction of sp³-hybridized carbons (Fsp3) is 0.238. The van der Waals surface area contributed by atoms with Gasteiger partial charge in [-0.25, -0.2) is 9.97 Å². The van der Waals surface area contributed by atoms with Crippen LogP contribution < -0.4 is 14.8 Å². The van der Waals surface area contributed by atoms with Crippen LogP contribution in [-0.4, -0.2) is 35.3 Å². The average Bonchev–Trinajstić information content (AvgIpc) is 3.23. The molecule has 0 bridgehead atoms. The van der Waals surface area contributed by atoms with Crippen molar-refractivity contribution in [3.8, 4) is 11.5 Å². The van der Waals surface area contributed by atoms with Gasteiger partial charge in [0, 0.05) is 30.9 Å². The smallest absolute Gasteiger partial charge is 0.145 e. The molecule has 0 atom stereocenters. The molecule has 4 rings (SSSR count). The molecule has 0 aliphatic heterocycles. The summed E-state index contributed by atoms with van der Waals surface area (Å²) in [7, 11) is 3.34. The predicted molar refractivity (Wildman–Crippen MR) is 108 cm³/mol. The maximum absolute atomic E-state index is 5.63. The lowest BCUT2D eigenvalue weighted by Crippen LogP contribution is -2.07. The summed E-state index contributed by atoms with van der Waals surface area (Å²) in [5.41, 5.74) is 2.75. The zero-order valence-electron chi connectivity index (χ0n) is 15.5. The first-order chi connectivity index (χ1) is 13.3. The summed E-state index contributed by atoms with van der Waals surface area (Å²) >= 11 is 0. The van der Waals surface area contributed by atoms with Gasteiger partial charge in [-0.1, -0.05) is 18.2 Å². The van der Waals surface area contributed by atoms with Gasteiger partial charge in [0.25, 0.3) is 0 Å². The number of para-hydroxylation sites is 1. The minimum atomic E-state index is 0.734. The number of ether oxygens (including phenoxy) is 2. The molecule has 2 heterocycles. The molecule has 0 amide bonds. The number of hydrogen-bond donors (Lipinski definition) is 1. The maximum atomic E-state index is 5.63. The molecule has 0 unspecified atom stereocenters. The third-order valence-corrected chi connectivity index (χ3v) is 4.65. The summed E-state index contributed by atoms with van der Waals surface area (Å²) in [4.78, 5) is 8.92. The molecule has 0 spiro atoms. The van der Waals surface area contributed by atoms with Gasteiger partial charge < -0.3 is 19.4 Å². The molecule has 0 saturated carbocycles. The lowest BCUT2D eigenvalue weighted by atomic mass is 10.1. The van der Waals surface area contributed by atoms with Crippen molar-refractivity contribution < 1.29 is 9.47 Å². The van der Waals surface area contributed by atoms with Crippen LogP contribution in [0.2, 0.25) is 0 Å². The van der Waals surface area contributed by atoms with E-state index in [2.05, 4.69) is 20.9 Å². The fourth-order valence-electron chi connectivity index (χ4n) is 3.36. The summed E-state index contributed by atoms with van der Waals surface area (Å²) in [5, 5.41) is 5.62. The lowest BCUT2D eigenvalue weighted by molar-refractivity contribution is 0.410. The molecule has 0 saturated heterocycles. The maximum Gasteiger partial charge on any atom is 0.145 e. The topological polar surface area (TPSA) is 61.2 Å². The quantitative estimate of drug-likeness (QED) is 0.396. The Hall–Kier alpha value is -3.28. The molecule has 0 fully saturated rings. The third kappa shape index (κ3) is 3.26. The minimum absolute atomic E-state index is 0.734. The van der Waals surface area contributed by atoms with E-state index in [1.54, 1.807) is 20.4 Å². The van der Waals surface area contributed by atoms with Crippen LogP contribution in [0.1, 0.15) is 6.42 Å². The Kier molecular flexibility index (Phi) is 4.78. The normalized spacial score (nSPS) is 11.0. The van der Waals surface area contributed by atoms with E-state index >= 15 is 0 Å². The van der Waals surface area contributed by atoms with Gasteiger partial charge in [0.15, 0.2) is 0 Å². The van der Waals surface area contributed by atoms with E-state index in [1.165, 1.54) is 0 Å². The van der Waals surface area contributed by atoms with E-state index < -0.39 is 0 Å². The van der Waals surface area contributed by atoms with Gasteiger partial charge in [-0.3, -0.25) is 0 Å². The molecule has 0 aliphatic carbocycles. The minimum Gasteiger partial charge on any atom is -0.496 e. The lowest BCUT2D eigenvalue weighted by Gasteiger charge is -2.17. The largest absolute Gasteiger partial charge is 0.496 e. The van der Waals surface area contributed by atoms with Crippen LogP contribution in [0.15, 0.2) is 55.1 Å². The number of methoxy groups -OCH3 is 2. The summed E-state index contributed by atoms with van der Waals surface area (Å²) in [5.74, 6) is 1.51. The van der Waals surface area contributed by atoms with E-state index in [0.29, 0.717) is 0 Å². The summed E-state index contributed by atoms with van der Waals surface area (Å²) < 4.78 is 13.3. The van der Waals surface area contributed by atoms with Gasteiger partial charge in [0.1, 0.15) is 17.0 Å². The fourth-order valence-corrected chi connectivity index (χ4v) is 3.36. The Balaban J connectivity index is 1.77. The van der Waals surface area contributed by atoms with Crippen molar-refractivity contribution in [1.29, 1.82) is 0 Å². The number of nitrogens with one attached hydrogen (secondary N) is 1. The number of benzene rings is 2. The van der Waals surface area contributed by atoms with Crippen molar-refractivity contribution in [1.82, 2.24) is 14.5 Å². The first-order valence-electron chi connectivity index (χ1n) is 8.95. The Bertz CT molecular complexity index is 1060. The molecular weight excluding hydrogens is 340 g/mol. The highest BCUT2D eigenvalue weighted by Gasteiger charge is 2.16. The Morgan fingerprint density at radius 2 is 1.85 bits per heavy atom. The zero-order chi connectivity index (χ0) is 18.6. The molecule has 6 nitrogen and oxygen atoms in total. The number of imidazole rings is 1. The van der Waals surface area contributed by atoms with Crippen molar-refractivity contribution in [2.75, 3.05) is 26.1 Å². The molecule has 6 heteroatoms. The Labute approximate surface area is 157 Å². The number of nitrogens with zero attached hydrogens (tertiary/aromatic N) is 3. The van der Waals surface area contributed by atoms with Gasteiger partial charge in [-0.15, -0.1) is 0 Å². The summed E-state index contributed by atoms with van der Waals surface area (Å²) in [6, 6.07) is 11.9. The molecular formula is C21H22N4O2. The van der Waals surface area contributed by atoms with Crippen LogP contribution in [0, 0.1) is 0 Å². The van der Waals surface area contributed by atoms with Gasteiger partial charge >= 0.3 is 0 Å². The first kappa shape index (κ1) is 17.1. The second-order valence-electron chi connectivity index (χ2n) is 6.28. The number of anilines is 1. The standard InChI is InChI=1S/C21H22N4O2/c1-26-17-8-9-18(27-2)21-19(17)20(15-6-3-4-7-16(15)24-21)23-10-5-12-25-13-11-22-14-25/h3-4,6-9,11,13-14H,5,10,12H2,1-2H3,(H,23,24). The second-order valence-corrected chi connectivity index (χ2v) is 6.28. The number of aryl methyl sites for hydroxylation is 1. The number of rotatable bonds is 7. The van der Waals surface area contributed by atoms with Gasteiger partial charge in [0.2, 0.25) is 0 Å². The van der Waals surface area contributed by atoms with E-state index in [4.69, 9.17) is 14.5 Å². The van der Waals surface area contributed by atoms with Crippen LogP contribution >= 0.6 is 0 Å². The number of fused-ring (bicyclic) bond motifs is 2. The predicted octanol–water partition coefficient (Wildman–Crippen LogP) is 4.10. The molecule has 2 aromatic carbocycles. The van der Waals surface area contributed by atoms with E-state index in [0.717, 1.165) is 58.5 Å². The van der Waals surface area contributed by atoms with E-state index in [-0.39, 0.29) is 0 Å². The van der Waals surface area contributed by atoms with Crippen LogP contribution in [0.25, 0.3) is 21.8 Å². The Morgan fingerprint density at radius 3 is 2.63 bits per heavy atom. The SMILES string of the molecule is COc1ccc(OC)c2c(NCCCn3ccnc3)c3ccccc3nc12. The van der Waals surface area contributed by atoms with Crippen molar-refractivity contribution in [3.63, 3.8) is 0 Å². The first-order valence-corrected chi connectivity index (χ1v) is 8.95. The average molecular weight is 362 g/mol. The van der Waals surface area contributed by atoms with Crippen molar-refractivity contribution in [3.05, 3.63) is 55.1 Å². The van der Waals surface area contributed by atoms with Crippen molar-refractivity contribution in [2.45, 2.75) is 13.0 Å². The van der Waals surface area contributed by atoms with Gasteiger partial charge in [-0.2, -0.15) is 0 Å². The molecule has 1 N–H and O–H groups in total. The highest BCUT2D eigenvalue weighted by molar-refractivity contribution is 6.11. The van der Waals surface area contributed by atoms with Crippen LogP contribution in [0.3, 0.4) is 0 Å². The number of aromatic nitrogens is 3. The van der Waals surface area contributed by atoms with Crippen LogP contribution in [0.5, 0.6) is 11.5 Å². The molecule has 27 heavy (non-hydrogen) atoms. The molecule has 4 aromatic rings. The molecule has 138 valence electrons. The Morgan fingerprint density at radius 1 is 1.04 bits per heavy atom. The van der Waals surface area contributed by atoms with E-state index in [1.807, 2.05) is 42.9 Å². The zero-order valence-corrected chi connectivity index (χ0v) is 15.5. The molecule has 2 aromatic heterocycles. The highest BCUT2D eigenvalue weighted by Crippen LogP contribution is 2.40. The van der Waals surface area contributed by atoms with Crippen molar-refractivity contribution in [2.24, 2.45) is 0 Å². The summed E-state index contributed by atoms with van der Waals surface area (Å²) in [6.45, 7) is 1.73. The molecule has 0 aliphatic rings.